The highest BCUT2D eigenvalue weighted by atomic mass is 16.4. The lowest BCUT2D eigenvalue weighted by molar-refractivity contribution is -0.147. The summed E-state index contributed by atoms with van der Waals surface area (Å²) >= 11 is 0. The number of imide groups is 1. The summed E-state index contributed by atoms with van der Waals surface area (Å²) in [4.78, 5) is 86.4. The fourth-order valence-electron chi connectivity index (χ4n) is 3.76. The third-order valence-electron chi connectivity index (χ3n) is 5.89. The first-order valence-corrected chi connectivity index (χ1v) is 11.9. The number of carbonyl (C=O) groups is 7. The number of hydrogen-bond donors (Lipinski definition) is 7. The van der Waals surface area contributed by atoms with Crippen molar-refractivity contribution < 1.29 is 48.9 Å². The van der Waals surface area contributed by atoms with Crippen molar-refractivity contribution in [3.63, 3.8) is 0 Å². The zero-order valence-electron chi connectivity index (χ0n) is 21.5. The molecule has 0 spiro atoms. The average molecular weight is 550 g/mol. The van der Waals surface area contributed by atoms with Crippen molar-refractivity contribution in [2.75, 3.05) is 6.61 Å². The van der Waals surface area contributed by atoms with Crippen LogP contribution in [0.5, 0.6) is 5.75 Å². The molecular formula is C24H31N5O10. The molecule has 39 heavy (non-hydrogen) atoms. The second-order valence-corrected chi connectivity index (χ2v) is 8.98. The molecule has 5 atom stereocenters. The Morgan fingerprint density at radius 3 is 2.08 bits per heavy atom. The molecule has 0 bridgehead atoms. The maximum Gasteiger partial charge on any atom is 0.328 e. The lowest BCUT2D eigenvalue weighted by Gasteiger charge is -2.25. The summed E-state index contributed by atoms with van der Waals surface area (Å²) in [6.45, 7) is 2.84. The van der Waals surface area contributed by atoms with Crippen LogP contribution >= 0.6 is 0 Å². The quantitative estimate of drug-likeness (QED) is 0.132. The van der Waals surface area contributed by atoms with Gasteiger partial charge in [-0.25, -0.2) is 4.79 Å². The van der Waals surface area contributed by atoms with Gasteiger partial charge in [0.2, 0.25) is 29.5 Å². The number of nitrogens with one attached hydrogen (secondary N) is 4. The van der Waals surface area contributed by atoms with Crippen LogP contribution in [0.3, 0.4) is 0 Å². The predicted molar refractivity (Wildman–Crippen MR) is 132 cm³/mol. The second kappa shape index (κ2) is 13.3. The number of nitrogens with zero attached hydrogens (tertiary/aromatic N) is 1. The van der Waals surface area contributed by atoms with Crippen LogP contribution in [-0.4, -0.2) is 98.4 Å². The van der Waals surface area contributed by atoms with Crippen LogP contribution in [0.15, 0.2) is 24.3 Å². The Bertz CT molecular complexity index is 1140. The number of likely N-dealkylation sites (tertiary alicyclic amines) is 1. The van der Waals surface area contributed by atoms with Gasteiger partial charge >= 0.3 is 5.97 Å². The van der Waals surface area contributed by atoms with Crippen LogP contribution in [-0.2, 0) is 40.0 Å². The molecule has 6 amide bonds. The summed E-state index contributed by atoms with van der Waals surface area (Å²) in [6.07, 6.45) is -0.445. The number of aliphatic hydroxyl groups excluding tert-OH is 1. The van der Waals surface area contributed by atoms with E-state index in [4.69, 9.17) is 5.11 Å². The summed E-state index contributed by atoms with van der Waals surface area (Å²) in [5.41, 5.74) is 0.495. The molecule has 0 unspecified atom stereocenters. The lowest BCUT2D eigenvalue weighted by Crippen LogP contribution is -2.58. The van der Waals surface area contributed by atoms with Gasteiger partial charge in [-0.1, -0.05) is 12.1 Å². The maximum atomic E-state index is 12.9. The van der Waals surface area contributed by atoms with E-state index in [2.05, 4.69) is 21.3 Å². The van der Waals surface area contributed by atoms with Crippen molar-refractivity contribution in [3.05, 3.63) is 29.8 Å². The first kappa shape index (κ1) is 30.7. The molecule has 7 N–H and O–H groups in total. The van der Waals surface area contributed by atoms with Gasteiger partial charge < -0.3 is 36.6 Å². The minimum absolute atomic E-state index is 0.0428. The van der Waals surface area contributed by atoms with Gasteiger partial charge in [-0.15, -0.1) is 0 Å². The van der Waals surface area contributed by atoms with Gasteiger partial charge in [-0.3, -0.25) is 33.7 Å². The van der Waals surface area contributed by atoms with Crippen molar-refractivity contribution in [2.45, 2.75) is 63.8 Å². The van der Waals surface area contributed by atoms with Crippen molar-refractivity contribution in [2.24, 2.45) is 0 Å². The van der Waals surface area contributed by atoms with E-state index in [9.17, 15) is 43.8 Å². The molecule has 0 aliphatic carbocycles. The second-order valence-electron chi connectivity index (χ2n) is 8.98. The number of carboxylic acid groups (broad SMARTS) is 1. The number of aromatic hydroxyl groups is 1. The molecule has 1 fully saturated rings. The number of amides is 6. The molecular weight excluding hydrogens is 518 g/mol. The number of carboxylic acids is 1. The largest absolute Gasteiger partial charge is 0.508 e. The number of aliphatic hydroxyl groups is 1. The Hall–Kier alpha value is -4.53. The van der Waals surface area contributed by atoms with E-state index >= 15 is 0 Å². The minimum Gasteiger partial charge on any atom is -0.508 e. The fourth-order valence-corrected chi connectivity index (χ4v) is 3.76. The molecule has 15 heteroatoms. The van der Waals surface area contributed by atoms with Crippen molar-refractivity contribution >= 4 is 41.4 Å². The van der Waals surface area contributed by atoms with Crippen LogP contribution in [0.1, 0.15) is 32.8 Å². The first-order valence-electron chi connectivity index (χ1n) is 11.9. The van der Waals surface area contributed by atoms with E-state index in [0.29, 0.717) is 10.5 Å². The van der Waals surface area contributed by atoms with E-state index in [1.54, 1.807) is 0 Å². The number of phenols is 1. The smallest absolute Gasteiger partial charge is 0.328 e. The Morgan fingerprint density at radius 2 is 1.54 bits per heavy atom. The maximum absolute atomic E-state index is 12.9. The molecule has 1 aromatic carbocycles. The predicted octanol–water partition coefficient (Wildman–Crippen LogP) is -2.86. The van der Waals surface area contributed by atoms with E-state index in [-0.39, 0.29) is 18.6 Å². The third-order valence-corrected chi connectivity index (χ3v) is 5.89. The van der Waals surface area contributed by atoms with Gasteiger partial charge in [0.1, 0.15) is 36.0 Å². The van der Waals surface area contributed by atoms with E-state index < -0.39 is 78.2 Å². The molecule has 1 aliphatic heterocycles. The summed E-state index contributed by atoms with van der Waals surface area (Å²) < 4.78 is 0. The van der Waals surface area contributed by atoms with Gasteiger partial charge in [0.25, 0.3) is 5.91 Å². The highest BCUT2D eigenvalue weighted by Gasteiger charge is 2.44. The Kier molecular flexibility index (Phi) is 10.5. The molecule has 1 aromatic rings. The van der Waals surface area contributed by atoms with E-state index in [1.807, 2.05) is 0 Å². The topological polar surface area (TPSA) is 232 Å². The summed E-state index contributed by atoms with van der Waals surface area (Å²) in [6, 6.07) is -0.986. The molecule has 1 heterocycles. The lowest BCUT2D eigenvalue weighted by atomic mass is 10.0. The molecule has 0 aromatic heterocycles. The molecule has 15 nitrogen and oxygen atoms in total. The zero-order valence-corrected chi connectivity index (χ0v) is 21.5. The molecule has 212 valence electrons. The van der Waals surface area contributed by atoms with Gasteiger partial charge in [-0.05, 0) is 31.5 Å². The van der Waals surface area contributed by atoms with Crippen LogP contribution in [0.2, 0.25) is 0 Å². The molecule has 1 saturated heterocycles. The Morgan fingerprint density at radius 1 is 0.949 bits per heavy atom. The minimum atomic E-state index is -1.63. The Balaban J connectivity index is 2.11. The number of hydrogen-bond acceptors (Lipinski definition) is 9. The summed E-state index contributed by atoms with van der Waals surface area (Å²) in [5.74, 6) is -6.14. The number of carbonyl (C=O) groups excluding carboxylic acids is 6. The normalized spacial score (nSPS) is 17.9. The molecule has 0 radical (unpaired) electrons. The van der Waals surface area contributed by atoms with Crippen LogP contribution in [0.25, 0.3) is 0 Å². The zero-order chi connectivity index (χ0) is 29.4. The van der Waals surface area contributed by atoms with Crippen LogP contribution in [0.4, 0.5) is 0 Å². The summed E-state index contributed by atoms with van der Waals surface area (Å²) in [5, 5.41) is 37.0. The van der Waals surface area contributed by atoms with E-state index in [0.717, 1.165) is 0 Å². The third kappa shape index (κ3) is 8.23. The molecule has 1 aliphatic rings. The van der Waals surface area contributed by atoms with Crippen LogP contribution in [0, 0.1) is 0 Å². The standard InChI is InChI=1S/C24H31N5O10/c1-11(25-21(35)12(2)29-19(33)9-17(23(29)37)26-13(3)31)20(34)27-16(8-14-4-6-15(32)7-5-14)22(36)28-18(10-30)24(38)39/h4-7,11-12,16-18,30,32H,8-10H2,1-3H3,(H,25,35)(H,26,31)(H,27,34)(H,28,36)(H,38,39)/t11-,12-,16-,17-,18-/m0/s1. The first-order chi connectivity index (χ1) is 18.2. The SMILES string of the molecule is CC(=O)N[C@H]1CC(=O)N([C@@H](C)C(=O)N[C@@H](C)C(=O)N[C@@H](Cc2ccc(O)cc2)C(=O)N[C@@H](CO)C(=O)O)C1=O. The highest BCUT2D eigenvalue weighted by molar-refractivity contribution is 6.09. The number of benzene rings is 1. The summed E-state index contributed by atoms with van der Waals surface area (Å²) in [7, 11) is 0. The highest BCUT2D eigenvalue weighted by Crippen LogP contribution is 2.17. The van der Waals surface area contributed by atoms with E-state index in [1.165, 1.54) is 45.0 Å². The van der Waals surface area contributed by atoms with Gasteiger partial charge in [0.05, 0.1) is 13.0 Å². The number of aliphatic carboxylic acids is 1. The number of rotatable bonds is 12. The van der Waals surface area contributed by atoms with Gasteiger partial charge in [-0.2, -0.15) is 0 Å². The Labute approximate surface area is 222 Å². The van der Waals surface area contributed by atoms with Crippen molar-refractivity contribution in [1.29, 1.82) is 0 Å². The van der Waals surface area contributed by atoms with Gasteiger partial charge in [0, 0.05) is 13.3 Å². The molecule has 0 saturated carbocycles. The fraction of sp³-hybridized carbons (Fsp3) is 0.458. The average Bonchev–Trinajstić information content (AvgIpc) is 3.13. The molecule has 2 rings (SSSR count). The van der Waals surface area contributed by atoms with Crippen molar-refractivity contribution in [3.8, 4) is 5.75 Å². The van der Waals surface area contributed by atoms with Crippen molar-refractivity contribution in [1.82, 2.24) is 26.2 Å². The van der Waals surface area contributed by atoms with Gasteiger partial charge in [0.15, 0.2) is 0 Å². The number of phenolic OH excluding ortho intramolecular Hbond substituents is 1. The monoisotopic (exact) mass is 549 g/mol. The van der Waals surface area contributed by atoms with Crippen LogP contribution < -0.4 is 21.3 Å².